The van der Waals surface area contributed by atoms with Crippen LogP contribution in [-0.2, 0) is 0 Å². The first kappa shape index (κ1) is 23.0. The molecule has 0 aliphatic carbocycles. The van der Waals surface area contributed by atoms with Crippen LogP contribution < -0.4 is 15.4 Å². The molecule has 1 atom stereocenters. The van der Waals surface area contributed by atoms with Crippen molar-refractivity contribution in [3.63, 3.8) is 0 Å². The van der Waals surface area contributed by atoms with Gasteiger partial charge in [-0.15, -0.1) is 24.0 Å². The maximum atomic E-state index is 5.20. The number of aliphatic imine (C=N–C) groups is 1. The van der Waals surface area contributed by atoms with Crippen molar-refractivity contribution < 1.29 is 4.74 Å². The molecule has 0 aromatic heterocycles. The lowest BCUT2D eigenvalue weighted by molar-refractivity contribution is 0.357. The second kappa shape index (κ2) is 13.3. The highest BCUT2D eigenvalue weighted by Crippen LogP contribution is 2.21. The molecule has 0 bridgehead atoms. The molecule has 0 heterocycles. The van der Waals surface area contributed by atoms with Crippen LogP contribution in [0.15, 0.2) is 29.3 Å². The Morgan fingerprint density at radius 1 is 1.21 bits per heavy atom. The van der Waals surface area contributed by atoms with E-state index in [0.29, 0.717) is 5.92 Å². The summed E-state index contributed by atoms with van der Waals surface area (Å²) in [5.74, 6) is 2.27. The normalized spacial score (nSPS) is 12.5. The van der Waals surface area contributed by atoms with Gasteiger partial charge in [-0.3, -0.25) is 4.99 Å². The number of methoxy groups -OCH3 is 1. The summed E-state index contributed by atoms with van der Waals surface area (Å²) in [6.07, 6.45) is 1.06. The van der Waals surface area contributed by atoms with Crippen LogP contribution in [0.4, 0.5) is 0 Å². The fraction of sp³-hybridized carbons (Fsp3) is 0.611. The largest absolute Gasteiger partial charge is 0.497 e. The van der Waals surface area contributed by atoms with E-state index in [4.69, 9.17) is 4.74 Å². The number of nitrogens with one attached hydrogen (secondary N) is 2. The van der Waals surface area contributed by atoms with Crippen LogP contribution in [0.1, 0.15) is 31.7 Å². The molecule has 0 amide bonds. The molecule has 0 saturated heterocycles. The Labute approximate surface area is 164 Å². The number of rotatable bonds is 9. The molecule has 24 heavy (non-hydrogen) atoms. The van der Waals surface area contributed by atoms with Crippen molar-refractivity contribution in [1.29, 1.82) is 0 Å². The van der Waals surface area contributed by atoms with Gasteiger partial charge in [0.2, 0.25) is 0 Å². The van der Waals surface area contributed by atoms with Crippen molar-refractivity contribution in [3.05, 3.63) is 29.8 Å². The lowest BCUT2D eigenvalue weighted by Crippen LogP contribution is -2.41. The summed E-state index contributed by atoms with van der Waals surface area (Å²) in [7, 11) is 5.62. The summed E-state index contributed by atoms with van der Waals surface area (Å²) in [4.78, 5) is 6.53. The molecule has 1 rings (SSSR count). The number of guanidine groups is 1. The third-order valence-electron chi connectivity index (χ3n) is 4.10. The molecule has 0 spiro atoms. The molecule has 6 heteroatoms. The number of hydrogen-bond donors (Lipinski definition) is 2. The third kappa shape index (κ3) is 8.73. The predicted molar refractivity (Wildman–Crippen MR) is 114 cm³/mol. The summed E-state index contributed by atoms with van der Waals surface area (Å²) in [6, 6.07) is 8.31. The SMILES string of the molecule is CCN(C)CCNC(=NC)NCCC(C)c1ccc(OC)cc1.I. The molecule has 1 aromatic carbocycles. The van der Waals surface area contributed by atoms with Gasteiger partial charge in [0.05, 0.1) is 7.11 Å². The maximum Gasteiger partial charge on any atom is 0.191 e. The van der Waals surface area contributed by atoms with Crippen LogP contribution >= 0.6 is 24.0 Å². The zero-order chi connectivity index (χ0) is 17.1. The molecule has 0 fully saturated rings. The minimum atomic E-state index is 0. The van der Waals surface area contributed by atoms with Gasteiger partial charge in [-0.2, -0.15) is 0 Å². The van der Waals surface area contributed by atoms with E-state index in [-0.39, 0.29) is 24.0 Å². The summed E-state index contributed by atoms with van der Waals surface area (Å²) in [6.45, 7) is 8.28. The molecule has 5 nitrogen and oxygen atoms in total. The van der Waals surface area contributed by atoms with Crippen LogP contribution in [0.3, 0.4) is 0 Å². The van der Waals surface area contributed by atoms with Crippen molar-refractivity contribution in [2.45, 2.75) is 26.2 Å². The smallest absolute Gasteiger partial charge is 0.191 e. The van der Waals surface area contributed by atoms with Crippen molar-refractivity contribution in [2.75, 3.05) is 47.4 Å². The maximum absolute atomic E-state index is 5.20. The van der Waals surface area contributed by atoms with Gasteiger partial charge in [0, 0.05) is 26.7 Å². The average molecular weight is 448 g/mol. The Balaban J connectivity index is 0.00000529. The average Bonchev–Trinajstić information content (AvgIpc) is 2.59. The van der Waals surface area contributed by atoms with Crippen LogP contribution in [0.2, 0.25) is 0 Å². The standard InChI is InChI=1S/C18H32N4O.HI/c1-6-22(4)14-13-21-18(19-3)20-12-11-15(2)16-7-9-17(23-5)10-8-16;/h7-10,15H,6,11-14H2,1-5H3,(H2,19,20,21);1H. The van der Waals surface area contributed by atoms with Gasteiger partial charge in [0.1, 0.15) is 5.75 Å². The number of likely N-dealkylation sites (N-methyl/N-ethyl adjacent to an activating group) is 1. The third-order valence-corrected chi connectivity index (χ3v) is 4.10. The number of nitrogens with zero attached hydrogens (tertiary/aromatic N) is 2. The van der Waals surface area contributed by atoms with Gasteiger partial charge >= 0.3 is 0 Å². The van der Waals surface area contributed by atoms with Gasteiger partial charge in [0.25, 0.3) is 0 Å². The highest BCUT2D eigenvalue weighted by molar-refractivity contribution is 14.0. The molecular formula is C18H33IN4O. The van der Waals surface area contributed by atoms with Crippen LogP contribution in [0.5, 0.6) is 5.75 Å². The number of hydrogen-bond acceptors (Lipinski definition) is 3. The molecule has 2 N–H and O–H groups in total. The minimum Gasteiger partial charge on any atom is -0.497 e. The van der Waals surface area contributed by atoms with Gasteiger partial charge in [-0.25, -0.2) is 0 Å². The van der Waals surface area contributed by atoms with E-state index in [1.54, 1.807) is 7.11 Å². The topological polar surface area (TPSA) is 48.9 Å². The monoisotopic (exact) mass is 448 g/mol. The predicted octanol–water partition coefficient (Wildman–Crippen LogP) is 2.92. The van der Waals surface area contributed by atoms with Gasteiger partial charge in [-0.05, 0) is 43.6 Å². The summed E-state index contributed by atoms with van der Waals surface area (Å²) in [5, 5.41) is 6.72. The van der Waals surface area contributed by atoms with Gasteiger partial charge in [-0.1, -0.05) is 26.0 Å². The van der Waals surface area contributed by atoms with Crippen molar-refractivity contribution in [1.82, 2.24) is 15.5 Å². The summed E-state index contributed by atoms with van der Waals surface area (Å²) < 4.78 is 5.20. The van der Waals surface area contributed by atoms with Gasteiger partial charge in [0.15, 0.2) is 5.96 Å². The molecule has 1 aromatic rings. The van der Waals surface area contributed by atoms with Crippen molar-refractivity contribution in [3.8, 4) is 5.75 Å². The Bertz CT molecular complexity index is 465. The highest BCUT2D eigenvalue weighted by Gasteiger charge is 2.06. The van der Waals surface area contributed by atoms with Crippen LogP contribution in [0, 0.1) is 0 Å². The quantitative estimate of drug-likeness (QED) is 0.347. The molecule has 0 aliphatic heterocycles. The first-order valence-corrected chi connectivity index (χ1v) is 8.37. The van der Waals surface area contributed by atoms with E-state index >= 15 is 0 Å². The first-order valence-electron chi connectivity index (χ1n) is 8.37. The highest BCUT2D eigenvalue weighted by atomic mass is 127. The molecule has 138 valence electrons. The summed E-state index contributed by atoms with van der Waals surface area (Å²) in [5.41, 5.74) is 1.33. The lowest BCUT2D eigenvalue weighted by Gasteiger charge is -2.17. The Morgan fingerprint density at radius 2 is 1.83 bits per heavy atom. The second-order valence-corrected chi connectivity index (χ2v) is 5.78. The molecule has 0 aliphatic rings. The Hall–Kier alpha value is -1.02. The van der Waals surface area contributed by atoms with E-state index in [0.717, 1.165) is 44.3 Å². The molecular weight excluding hydrogens is 415 g/mol. The van der Waals surface area contributed by atoms with E-state index in [1.165, 1.54) is 5.56 Å². The zero-order valence-electron chi connectivity index (χ0n) is 15.6. The molecule has 0 radical (unpaired) electrons. The zero-order valence-corrected chi connectivity index (χ0v) is 18.0. The fourth-order valence-electron chi connectivity index (χ4n) is 2.25. The minimum absolute atomic E-state index is 0. The Morgan fingerprint density at radius 3 is 2.38 bits per heavy atom. The van der Waals surface area contributed by atoms with E-state index in [1.807, 2.05) is 19.2 Å². The number of ether oxygens (including phenoxy) is 1. The van der Waals surface area contributed by atoms with E-state index < -0.39 is 0 Å². The first-order chi connectivity index (χ1) is 11.1. The molecule has 0 saturated carbocycles. The Kier molecular flexibility index (Phi) is 12.7. The fourth-order valence-corrected chi connectivity index (χ4v) is 2.25. The van der Waals surface area contributed by atoms with E-state index in [2.05, 4.69) is 53.6 Å². The van der Waals surface area contributed by atoms with Crippen LogP contribution in [-0.4, -0.2) is 58.2 Å². The van der Waals surface area contributed by atoms with Crippen LogP contribution in [0.25, 0.3) is 0 Å². The number of halogens is 1. The van der Waals surface area contributed by atoms with E-state index in [9.17, 15) is 0 Å². The summed E-state index contributed by atoms with van der Waals surface area (Å²) >= 11 is 0. The van der Waals surface area contributed by atoms with Gasteiger partial charge < -0.3 is 20.3 Å². The second-order valence-electron chi connectivity index (χ2n) is 5.78. The van der Waals surface area contributed by atoms with Crippen molar-refractivity contribution >= 4 is 29.9 Å². The lowest BCUT2D eigenvalue weighted by atomic mass is 9.98. The van der Waals surface area contributed by atoms with Crippen molar-refractivity contribution in [2.24, 2.45) is 4.99 Å². The molecule has 1 unspecified atom stereocenters. The number of benzene rings is 1.